The van der Waals surface area contributed by atoms with Crippen LogP contribution < -0.4 is 5.32 Å². The molecule has 0 unspecified atom stereocenters. The number of carbonyl (C=O) groups is 1. The van der Waals surface area contributed by atoms with Crippen LogP contribution in [0.4, 0.5) is 5.69 Å². The molecule has 0 aliphatic heterocycles. The molecule has 1 aromatic carbocycles. The number of hydrogen-bond acceptors (Lipinski definition) is 5. The van der Waals surface area contributed by atoms with E-state index in [-0.39, 0.29) is 5.56 Å². The Morgan fingerprint density at radius 1 is 1.20 bits per heavy atom. The number of aromatic amines is 1. The molecule has 20 heavy (non-hydrogen) atoms. The maximum absolute atomic E-state index is 10.8. The molecular weight excluding hydrogens is 258 g/mol. The minimum absolute atomic E-state index is 0.258. The van der Waals surface area contributed by atoms with Gasteiger partial charge in [-0.05, 0) is 24.3 Å². The number of nitrogens with zero attached hydrogens (tertiary/aromatic N) is 3. The molecule has 0 fully saturated rings. The Balaban J connectivity index is 1.76. The molecule has 0 saturated carbocycles. The van der Waals surface area contributed by atoms with Crippen molar-refractivity contribution in [2.45, 2.75) is 6.54 Å². The van der Waals surface area contributed by atoms with Crippen molar-refractivity contribution in [3.8, 4) is 0 Å². The first-order chi connectivity index (χ1) is 9.74. The summed E-state index contributed by atoms with van der Waals surface area (Å²) in [4.78, 5) is 26.1. The van der Waals surface area contributed by atoms with Crippen LogP contribution in [0, 0.1) is 0 Å². The molecule has 2 heterocycles. The number of fused-ring (bicyclic) bond motifs is 1. The lowest BCUT2D eigenvalue weighted by molar-refractivity contribution is 0.0697. The van der Waals surface area contributed by atoms with E-state index in [0.29, 0.717) is 12.2 Å². The number of aromatic nitrogens is 4. The van der Waals surface area contributed by atoms with Gasteiger partial charge in [-0.15, -0.1) is 0 Å². The Morgan fingerprint density at radius 3 is 2.75 bits per heavy atom. The van der Waals surface area contributed by atoms with Crippen LogP contribution in [-0.2, 0) is 6.54 Å². The summed E-state index contributed by atoms with van der Waals surface area (Å²) >= 11 is 0. The third kappa shape index (κ3) is 2.28. The number of rotatable bonds is 4. The van der Waals surface area contributed by atoms with E-state index < -0.39 is 5.97 Å². The van der Waals surface area contributed by atoms with Gasteiger partial charge in [0.15, 0.2) is 5.65 Å². The zero-order chi connectivity index (χ0) is 13.9. The van der Waals surface area contributed by atoms with Gasteiger partial charge in [-0.3, -0.25) is 0 Å². The van der Waals surface area contributed by atoms with Crippen LogP contribution in [0.2, 0.25) is 0 Å². The molecule has 3 rings (SSSR count). The van der Waals surface area contributed by atoms with Crippen molar-refractivity contribution in [3.05, 3.63) is 48.2 Å². The highest BCUT2D eigenvalue weighted by molar-refractivity contribution is 5.88. The van der Waals surface area contributed by atoms with E-state index in [1.54, 1.807) is 30.6 Å². The fourth-order valence-corrected chi connectivity index (χ4v) is 1.87. The van der Waals surface area contributed by atoms with E-state index in [2.05, 4.69) is 25.3 Å². The van der Waals surface area contributed by atoms with E-state index in [1.807, 2.05) is 0 Å². The van der Waals surface area contributed by atoms with Crippen LogP contribution in [0.3, 0.4) is 0 Å². The topological polar surface area (TPSA) is 104 Å². The smallest absolute Gasteiger partial charge is 0.335 e. The van der Waals surface area contributed by atoms with Gasteiger partial charge in [-0.25, -0.2) is 19.7 Å². The number of nitrogens with one attached hydrogen (secondary N) is 2. The average Bonchev–Trinajstić information content (AvgIpc) is 2.94. The van der Waals surface area contributed by atoms with E-state index in [1.165, 1.54) is 6.33 Å². The van der Waals surface area contributed by atoms with Crippen molar-refractivity contribution in [2.75, 3.05) is 5.32 Å². The molecule has 7 heteroatoms. The highest BCUT2D eigenvalue weighted by Crippen LogP contribution is 2.13. The SMILES string of the molecule is O=C(O)c1ccc(NCc2ncnc3nc[nH]c23)cc1. The molecule has 0 aliphatic rings. The van der Waals surface area contributed by atoms with Gasteiger partial charge in [-0.2, -0.15) is 0 Å². The zero-order valence-corrected chi connectivity index (χ0v) is 10.4. The Morgan fingerprint density at radius 2 is 2.00 bits per heavy atom. The first-order valence-electron chi connectivity index (χ1n) is 5.94. The van der Waals surface area contributed by atoms with Gasteiger partial charge < -0.3 is 15.4 Å². The van der Waals surface area contributed by atoms with Crippen LogP contribution in [0.5, 0.6) is 0 Å². The maximum atomic E-state index is 10.8. The maximum Gasteiger partial charge on any atom is 0.335 e. The Bertz CT molecular complexity index is 751. The van der Waals surface area contributed by atoms with Gasteiger partial charge in [0.05, 0.1) is 24.1 Å². The van der Waals surface area contributed by atoms with Crippen LogP contribution in [0.25, 0.3) is 11.2 Å². The zero-order valence-electron chi connectivity index (χ0n) is 10.4. The minimum Gasteiger partial charge on any atom is -0.478 e. The number of aromatic carboxylic acids is 1. The number of anilines is 1. The number of imidazole rings is 1. The van der Waals surface area contributed by atoms with Crippen LogP contribution in [0.15, 0.2) is 36.9 Å². The molecular formula is C13H11N5O2. The van der Waals surface area contributed by atoms with Crippen LogP contribution in [0.1, 0.15) is 16.1 Å². The Kier molecular flexibility index (Phi) is 3.00. The summed E-state index contributed by atoms with van der Waals surface area (Å²) in [6.07, 6.45) is 3.04. The number of carboxylic acids is 1. The Hall–Kier alpha value is -2.96. The summed E-state index contributed by atoms with van der Waals surface area (Å²) < 4.78 is 0. The summed E-state index contributed by atoms with van der Waals surface area (Å²) in [5.41, 5.74) is 3.30. The summed E-state index contributed by atoms with van der Waals surface area (Å²) in [7, 11) is 0. The van der Waals surface area contributed by atoms with E-state index >= 15 is 0 Å². The van der Waals surface area contributed by atoms with Crippen molar-refractivity contribution in [1.29, 1.82) is 0 Å². The van der Waals surface area contributed by atoms with Crippen molar-refractivity contribution < 1.29 is 9.90 Å². The lowest BCUT2D eigenvalue weighted by atomic mass is 10.2. The molecule has 0 amide bonds. The standard InChI is InChI=1S/C13H11N5O2/c19-13(20)8-1-3-9(4-2-8)14-5-10-11-12(17-6-15-10)18-7-16-11/h1-4,6-7,14H,5H2,(H,19,20)(H,15,16,17,18). The molecule has 3 N–H and O–H groups in total. The lowest BCUT2D eigenvalue weighted by Gasteiger charge is -2.06. The van der Waals surface area contributed by atoms with Crippen LogP contribution >= 0.6 is 0 Å². The second-order valence-electron chi connectivity index (χ2n) is 4.16. The highest BCUT2D eigenvalue weighted by atomic mass is 16.4. The Labute approximate surface area is 113 Å². The van der Waals surface area contributed by atoms with Crippen molar-refractivity contribution in [2.24, 2.45) is 0 Å². The number of H-pyrrole nitrogens is 1. The molecule has 3 aromatic rings. The van der Waals surface area contributed by atoms with Gasteiger partial charge >= 0.3 is 5.97 Å². The van der Waals surface area contributed by atoms with Crippen molar-refractivity contribution in [3.63, 3.8) is 0 Å². The first kappa shape index (κ1) is 12.1. The largest absolute Gasteiger partial charge is 0.478 e. The normalized spacial score (nSPS) is 10.6. The van der Waals surface area contributed by atoms with Gasteiger partial charge in [0.1, 0.15) is 11.8 Å². The third-order valence-electron chi connectivity index (χ3n) is 2.89. The first-order valence-corrected chi connectivity index (χ1v) is 5.94. The quantitative estimate of drug-likeness (QED) is 0.665. The van der Waals surface area contributed by atoms with E-state index in [4.69, 9.17) is 5.11 Å². The molecule has 0 atom stereocenters. The number of hydrogen-bond donors (Lipinski definition) is 3. The van der Waals surface area contributed by atoms with Crippen molar-refractivity contribution in [1.82, 2.24) is 19.9 Å². The fourth-order valence-electron chi connectivity index (χ4n) is 1.87. The number of benzene rings is 1. The van der Waals surface area contributed by atoms with Gasteiger partial charge in [-0.1, -0.05) is 0 Å². The summed E-state index contributed by atoms with van der Waals surface area (Å²) in [6.45, 7) is 0.494. The molecule has 2 aromatic heterocycles. The van der Waals surface area contributed by atoms with E-state index in [9.17, 15) is 4.79 Å². The van der Waals surface area contributed by atoms with Gasteiger partial charge in [0.25, 0.3) is 0 Å². The second kappa shape index (κ2) is 4.96. The monoisotopic (exact) mass is 269 g/mol. The predicted octanol–water partition coefficient (Wildman–Crippen LogP) is 1.66. The molecule has 0 radical (unpaired) electrons. The third-order valence-corrected chi connectivity index (χ3v) is 2.89. The molecule has 0 saturated heterocycles. The second-order valence-corrected chi connectivity index (χ2v) is 4.16. The van der Waals surface area contributed by atoms with Crippen molar-refractivity contribution >= 4 is 22.8 Å². The van der Waals surface area contributed by atoms with Crippen LogP contribution in [-0.4, -0.2) is 31.0 Å². The molecule has 0 spiro atoms. The lowest BCUT2D eigenvalue weighted by Crippen LogP contribution is -2.03. The van der Waals surface area contributed by atoms with Gasteiger partial charge in [0, 0.05) is 5.69 Å². The summed E-state index contributed by atoms with van der Waals surface area (Å²) in [5.74, 6) is -0.938. The molecule has 0 aliphatic carbocycles. The number of carboxylic acid groups (broad SMARTS) is 1. The fraction of sp³-hybridized carbons (Fsp3) is 0.0769. The predicted molar refractivity (Wildman–Crippen MR) is 72.4 cm³/mol. The summed E-state index contributed by atoms with van der Waals surface area (Å²) in [5, 5.41) is 12.0. The molecule has 7 nitrogen and oxygen atoms in total. The highest BCUT2D eigenvalue weighted by Gasteiger charge is 2.06. The van der Waals surface area contributed by atoms with Gasteiger partial charge in [0.2, 0.25) is 0 Å². The minimum atomic E-state index is -0.938. The molecule has 0 bridgehead atoms. The summed E-state index contributed by atoms with van der Waals surface area (Å²) in [6, 6.07) is 6.54. The molecule has 100 valence electrons. The average molecular weight is 269 g/mol. The van der Waals surface area contributed by atoms with E-state index in [0.717, 1.165) is 16.9 Å².